The van der Waals surface area contributed by atoms with Gasteiger partial charge in [-0.15, -0.1) is 0 Å². The Morgan fingerprint density at radius 1 is 1.20 bits per heavy atom. The molecule has 192 valence electrons. The van der Waals surface area contributed by atoms with E-state index in [9.17, 15) is 19.7 Å². The number of aliphatic imine (C=N–C) groups is 1. The van der Waals surface area contributed by atoms with E-state index < -0.39 is 23.0 Å². The highest BCUT2D eigenvalue weighted by Gasteiger charge is 2.21. The Bertz CT molecular complexity index is 936. The molecule has 0 bridgehead atoms. The standard InChI is InChI=1S/C24H35N5O6/c1-17(2)7-5-8-18(3)14-16-35-20-12-10-19(11-13-20)22(30)27-21(23(31)34-4)9-6-15-26-24(25)28-29(32)33/h7,10-14,21H,5-6,8-9,15-16H2,1-4H3,(H,27,30)(H3,25,26,28)/b18-14+/t21-/m0/s1. The average Bonchev–Trinajstić information content (AvgIpc) is 2.80. The van der Waals surface area contributed by atoms with Gasteiger partial charge in [0.15, 0.2) is 5.03 Å². The molecule has 0 aliphatic rings. The molecule has 0 fully saturated rings. The normalized spacial score (nSPS) is 12.3. The Morgan fingerprint density at radius 3 is 2.49 bits per heavy atom. The number of hydrogen-bond donors (Lipinski definition) is 3. The van der Waals surface area contributed by atoms with Gasteiger partial charge in [-0.1, -0.05) is 22.6 Å². The number of nitrogens with one attached hydrogen (secondary N) is 2. The molecular weight excluding hydrogens is 454 g/mol. The molecule has 1 aromatic carbocycles. The summed E-state index contributed by atoms with van der Waals surface area (Å²) < 4.78 is 10.5. The van der Waals surface area contributed by atoms with Gasteiger partial charge in [0.05, 0.1) is 7.11 Å². The molecular formula is C24H35N5O6. The monoisotopic (exact) mass is 489 g/mol. The zero-order valence-corrected chi connectivity index (χ0v) is 20.7. The molecule has 0 aromatic heterocycles. The van der Waals surface area contributed by atoms with Gasteiger partial charge < -0.3 is 20.5 Å². The van der Waals surface area contributed by atoms with Crippen LogP contribution in [-0.2, 0) is 9.53 Å². The lowest BCUT2D eigenvalue weighted by molar-refractivity contribution is -0.525. The maximum absolute atomic E-state index is 12.6. The zero-order chi connectivity index (χ0) is 26.2. The number of allylic oxidation sites excluding steroid dienone is 3. The highest BCUT2D eigenvalue weighted by molar-refractivity contribution is 5.96. The fourth-order valence-electron chi connectivity index (χ4n) is 2.93. The average molecular weight is 490 g/mol. The summed E-state index contributed by atoms with van der Waals surface area (Å²) in [5, 5.41) is 12.1. The van der Waals surface area contributed by atoms with Gasteiger partial charge in [0.25, 0.3) is 11.9 Å². The van der Waals surface area contributed by atoms with Crippen molar-refractivity contribution in [2.24, 2.45) is 10.7 Å². The summed E-state index contributed by atoms with van der Waals surface area (Å²) in [4.78, 5) is 38.7. The Hall–Kier alpha value is -3.89. The minimum Gasteiger partial charge on any atom is -0.490 e. The molecule has 0 spiro atoms. The number of benzene rings is 1. The molecule has 1 aromatic rings. The van der Waals surface area contributed by atoms with E-state index in [1.807, 2.05) is 6.08 Å². The molecule has 35 heavy (non-hydrogen) atoms. The number of hydrazine groups is 1. The number of carbonyl (C=O) groups is 2. The van der Waals surface area contributed by atoms with Gasteiger partial charge in [0, 0.05) is 12.1 Å². The first-order valence-electron chi connectivity index (χ1n) is 11.2. The van der Waals surface area contributed by atoms with Crippen LogP contribution < -0.4 is 21.2 Å². The van der Waals surface area contributed by atoms with E-state index in [0.717, 1.165) is 12.8 Å². The number of nitrogens with zero attached hydrogens (tertiary/aromatic N) is 2. The Morgan fingerprint density at radius 2 is 1.89 bits per heavy atom. The number of methoxy groups -OCH3 is 1. The van der Waals surface area contributed by atoms with E-state index in [1.54, 1.807) is 29.7 Å². The number of hydrogen-bond acceptors (Lipinski definition) is 7. The molecule has 0 radical (unpaired) electrons. The van der Waals surface area contributed by atoms with Crippen molar-refractivity contribution in [1.29, 1.82) is 0 Å². The van der Waals surface area contributed by atoms with Crippen molar-refractivity contribution < 1.29 is 24.1 Å². The summed E-state index contributed by atoms with van der Waals surface area (Å²) in [6.07, 6.45) is 6.77. The lowest BCUT2D eigenvalue weighted by Gasteiger charge is -2.16. The maximum atomic E-state index is 12.6. The third kappa shape index (κ3) is 12.8. The molecule has 1 amide bonds. The summed E-state index contributed by atoms with van der Waals surface area (Å²) in [6.45, 7) is 6.79. The summed E-state index contributed by atoms with van der Waals surface area (Å²) >= 11 is 0. The van der Waals surface area contributed by atoms with Crippen LogP contribution >= 0.6 is 0 Å². The van der Waals surface area contributed by atoms with Crippen LogP contribution in [0.2, 0.25) is 0 Å². The summed E-state index contributed by atoms with van der Waals surface area (Å²) in [7, 11) is 1.22. The van der Waals surface area contributed by atoms with E-state index in [4.69, 9.17) is 15.2 Å². The van der Waals surface area contributed by atoms with E-state index in [0.29, 0.717) is 24.3 Å². The van der Waals surface area contributed by atoms with Crippen LogP contribution in [0.15, 0.2) is 52.6 Å². The number of ether oxygens (including phenoxy) is 2. The van der Waals surface area contributed by atoms with Crippen molar-refractivity contribution >= 4 is 17.8 Å². The second kappa shape index (κ2) is 15.9. The molecule has 1 atom stereocenters. The van der Waals surface area contributed by atoms with Gasteiger partial charge in [-0.25, -0.2) is 19.9 Å². The number of carbonyl (C=O) groups excluding carboxylic acids is 2. The van der Waals surface area contributed by atoms with Crippen molar-refractivity contribution in [2.75, 3.05) is 20.3 Å². The van der Waals surface area contributed by atoms with Crippen LogP contribution in [-0.4, -0.2) is 49.2 Å². The van der Waals surface area contributed by atoms with Crippen LogP contribution in [0.3, 0.4) is 0 Å². The Kier molecular flexibility index (Phi) is 13.2. The molecule has 0 saturated heterocycles. The lowest BCUT2D eigenvalue weighted by atomic mass is 10.1. The quantitative estimate of drug-likeness (QED) is 0.0684. The second-order valence-electron chi connectivity index (χ2n) is 8.03. The van der Waals surface area contributed by atoms with Gasteiger partial charge >= 0.3 is 5.97 Å². The molecule has 0 aliphatic heterocycles. The van der Waals surface area contributed by atoms with E-state index in [1.165, 1.54) is 18.3 Å². The van der Waals surface area contributed by atoms with Crippen molar-refractivity contribution in [1.82, 2.24) is 10.7 Å². The molecule has 0 saturated carbocycles. The molecule has 1 rings (SSSR count). The van der Waals surface area contributed by atoms with Crippen LogP contribution in [0.4, 0.5) is 0 Å². The van der Waals surface area contributed by atoms with Gasteiger partial charge in [-0.05, 0) is 76.8 Å². The predicted molar refractivity (Wildman–Crippen MR) is 133 cm³/mol. The van der Waals surface area contributed by atoms with Crippen LogP contribution in [0.1, 0.15) is 56.8 Å². The van der Waals surface area contributed by atoms with Crippen LogP contribution in [0, 0.1) is 10.1 Å². The minimum absolute atomic E-state index is 0.130. The summed E-state index contributed by atoms with van der Waals surface area (Å²) in [5.41, 5.74) is 9.97. The third-order valence-corrected chi connectivity index (χ3v) is 4.82. The summed E-state index contributed by atoms with van der Waals surface area (Å²) in [5.74, 6) is -0.769. The molecule has 0 aliphatic carbocycles. The third-order valence-electron chi connectivity index (χ3n) is 4.82. The first-order chi connectivity index (χ1) is 16.6. The van der Waals surface area contributed by atoms with Crippen molar-refractivity contribution in [3.05, 3.63) is 63.2 Å². The minimum atomic E-state index is -0.900. The predicted octanol–water partition coefficient (Wildman–Crippen LogP) is 2.91. The van der Waals surface area contributed by atoms with Gasteiger partial charge in [-0.3, -0.25) is 4.79 Å². The fourth-order valence-corrected chi connectivity index (χ4v) is 2.93. The van der Waals surface area contributed by atoms with Crippen molar-refractivity contribution in [2.45, 2.75) is 52.5 Å². The first-order valence-corrected chi connectivity index (χ1v) is 11.2. The molecule has 0 unspecified atom stereocenters. The number of rotatable bonds is 14. The maximum Gasteiger partial charge on any atom is 0.328 e. The van der Waals surface area contributed by atoms with Crippen LogP contribution in [0.5, 0.6) is 5.75 Å². The summed E-state index contributed by atoms with van der Waals surface area (Å²) in [6, 6.07) is 5.70. The Labute approximate surface area is 205 Å². The van der Waals surface area contributed by atoms with E-state index in [-0.39, 0.29) is 18.9 Å². The number of esters is 1. The fraction of sp³-hybridized carbons (Fsp3) is 0.458. The van der Waals surface area contributed by atoms with E-state index in [2.05, 4.69) is 37.2 Å². The molecule has 11 heteroatoms. The smallest absolute Gasteiger partial charge is 0.328 e. The molecule has 11 nitrogen and oxygen atoms in total. The van der Waals surface area contributed by atoms with Crippen LogP contribution in [0.25, 0.3) is 0 Å². The number of nitro groups is 1. The van der Waals surface area contributed by atoms with Crippen molar-refractivity contribution in [3.63, 3.8) is 0 Å². The van der Waals surface area contributed by atoms with Crippen molar-refractivity contribution in [3.8, 4) is 5.75 Å². The van der Waals surface area contributed by atoms with Gasteiger partial charge in [-0.2, -0.15) is 0 Å². The van der Waals surface area contributed by atoms with Gasteiger partial charge in [0.1, 0.15) is 18.4 Å². The topological polar surface area (TPSA) is 158 Å². The number of guanidine groups is 1. The number of amides is 1. The van der Waals surface area contributed by atoms with Gasteiger partial charge in [0.2, 0.25) is 0 Å². The lowest BCUT2D eigenvalue weighted by Crippen LogP contribution is -2.41. The SMILES string of the molecule is COC(=O)[C@H](CCCN=C(N)N[N+](=O)[O-])NC(=O)c1ccc(OC/C=C(\C)CCC=C(C)C)cc1. The van der Waals surface area contributed by atoms with E-state index >= 15 is 0 Å². The molecule has 4 N–H and O–H groups in total. The largest absolute Gasteiger partial charge is 0.490 e. The first kappa shape index (κ1) is 29.1. The zero-order valence-electron chi connectivity index (χ0n) is 20.7. The highest BCUT2D eigenvalue weighted by Crippen LogP contribution is 2.14. The second-order valence-corrected chi connectivity index (χ2v) is 8.03. The number of nitrogens with two attached hydrogens (primary N) is 1. The highest BCUT2D eigenvalue weighted by atomic mass is 16.7. The molecule has 0 heterocycles. The Balaban J connectivity index is 2.59.